The van der Waals surface area contributed by atoms with Crippen LogP contribution in [0.5, 0.6) is 0 Å². The first-order chi connectivity index (χ1) is 9.06. The Kier molecular flexibility index (Phi) is 2.95. The Bertz CT molecular complexity index is 788. The molecule has 0 bridgehead atoms. The van der Waals surface area contributed by atoms with Crippen molar-refractivity contribution in [1.29, 1.82) is 0 Å². The van der Waals surface area contributed by atoms with Gasteiger partial charge < -0.3 is 10.2 Å². The summed E-state index contributed by atoms with van der Waals surface area (Å²) in [5.41, 5.74) is 7.74. The second kappa shape index (κ2) is 4.51. The van der Waals surface area contributed by atoms with Crippen LogP contribution in [0, 0.1) is 5.82 Å². The van der Waals surface area contributed by atoms with Gasteiger partial charge in [0.25, 0.3) is 0 Å². The fourth-order valence-corrected chi connectivity index (χ4v) is 2.48. The highest BCUT2D eigenvalue weighted by atomic mass is 79.9. The fourth-order valence-electron chi connectivity index (χ4n) is 1.81. The van der Waals surface area contributed by atoms with Crippen molar-refractivity contribution < 1.29 is 8.81 Å². The minimum Gasteiger partial charge on any atom is -0.434 e. The zero-order valence-electron chi connectivity index (χ0n) is 9.45. The molecule has 0 saturated heterocycles. The maximum absolute atomic E-state index is 13.4. The molecule has 1 aromatic heterocycles. The summed E-state index contributed by atoms with van der Waals surface area (Å²) in [5.74, 6) is -0.278. The lowest BCUT2D eigenvalue weighted by atomic mass is 10.2. The summed E-state index contributed by atoms with van der Waals surface area (Å²) in [5, 5.41) is -0.0216. The minimum atomic E-state index is -0.518. The van der Waals surface area contributed by atoms with Crippen LogP contribution in [0.25, 0.3) is 22.6 Å². The third-order valence-electron chi connectivity index (χ3n) is 2.67. The molecule has 0 radical (unpaired) electrons. The molecule has 19 heavy (non-hydrogen) atoms. The number of aromatic nitrogens is 1. The number of halogens is 3. The number of nitrogen functional groups attached to an aromatic ring is 1. The Morgan fingerprint density at radius 1 is 1.32 bits per heavy atom. The van der Waals surface area contributed by atoms with E-state index >= 15 is 0 Å². The van der Waals surface area contributed by atoms with Crippen LogP contribution in [0.4, 0.5) is 10.1 Å². The van der Waals surface area contributed by atoms with E-state index in [-0.39, 0.29) is 10.9 Å². The van der Waals surface area contributed by atoms with Crippen LogP contribution in [-0.4, -0.2) is 4.98 Å². The van der Waals surface area contributed by atoms with Crippen molar-refractivity contribution in [3.05, 3.63) is 45.6 Å². The van der Waals surface area contributed by atoms with E-state index in [1.807, 2.05) is 0 Å². The first-order valence-electron chi connectivity index (χ1n) is 5.36. The Morgan fingerprint density at radius 2 is 2.11 bits per heavy atom. The molecule has 0 aliphatic carbocycles. The molecule has 0 unspecified atom stereocenters. The summed E-state index contributed by atoms with van der Waals surface area (Å²) < 4.78 is 19.8. The van der Waals surface area contributed by atoms with Crippen molar-refractivity contribution in [2.45, 2.75) is 0 Å². The van der Waals surface area contributed by atoms with Crippen molar-refractivity contribution >= 4 is 44.3 Å². The Balaban J connectivity index is 2.26. The van der Waals surface area contributed by atoms with Gasteiger partial charge in [0.15, 0.2) is 5.58 Å². The molecular weight excluding hydrogens is 335 g/mol. The zero-order valence-corrected chi connectivity index (χ0v) is 11.8. The summed E-state index contributed by atoms with van der Waals surface area (Å²) in [6.07, 6.45) is 0. The van der Waals surface area contributed by atoms with E-state index in [0.717, 1.165) is 4.47 Å². The lowest BCUT2D eigenvalue weighted by Crippen LogP contribution is -1.84. The van der Waals surface area contributed by atoms with Gasteiger partial charge in [0.1, 0.15) is 11.3 Å². The van der Waals surface area contributed by atoms with Crippen LogP contribution in [0.2, 0.25) is 5.02 Å². The number of rotatable bonds is 1. The molecule has 2 N–H and O–H groups in total. The molecule has 0 amide bonds. The molecule has 0 saturated carbocycles. The molecule has 0 aliphatic heterocycles. The van der Waals surface area contributed by atoms with E-state index in [2.05, 4.69) is 20.9 Å². The van der Waals surface area contributed by atoms with E-state index in [0.29, 0.717) is 22.4 Å². The topological polar surface area (TPSA) is 52.0 Å². The normalized spacial score (nSPS) is 11.1. The maximum atomic E-state index is 13.4. The molecule has 3 rings (SSSR count). The van der Waals surface area contributed by atoms with Gasteiger partial charge in [0, 0.05) is 4.47 Å². The summed E-state index contributed by atoms with van der Waals surface area (Å²) in [6.45, 7) is 0. The van der Waals surface area contributed by atoms with Gasteiger partial charge in [0.2, 0.25) is 5.89 Å². The molecule has 0 aliphatic rings. The molecule has 3 nitrogen and oxygen atoms in total. The first-order valence-corrected chi connectivity index (χ1v) is 6.53. The second-order valence-electron chi connectivity index (χ2n) is 3.96. The average Bonchev–Trinajstić information content (AvgIpc) is 2.76. The predicted molar refractivity (Wildman–Crippen MR) is 76.5 cm³/mol. The molecule has 1 heterocycles. The van der Waals surface area contributed by atoms with E-state index in [9.17, 15) is 4.39 Å². The quantitative estimate of drug-likeness (QED) is 0.656. The van der Waals surface area contributed by atoms with Crippen molar-refractivity contribution in [2.24, 2.45) is 0 Å². The highest BCUT2D eigenvalue weighted by Crippen LogP contribution is 2.34. The molecular formula is C13H7BrClFN2O. The third kappa shape index (κ3) is 2.09. The Hall–Kier alpha value is -1.59. The molecule has 0 atom stereocenters. The average molecular weight is 342 g/mol. The molecule has 3 aromatic rings. The van der Waals surface area contributed by atoms with E-state index < -0.39 is 5.82 Å². The summed E-state index contributed by atoms with van der Waals surface area (Å²) in [7, 11) is 0. The van der Waals surface area contributed by atoms with Gasteiger partial charge in [-0.1, -0.05) is 33.6 Å². The van der Waals surface area contributed by atoms with E-state index in [1.165, 1.54) is 6.07 Å². The standard InChI is InChI=1S/C13H7BrClFN2O/c14-6-4-9(17)12-10(5-6)18-13(19-12)7-2-1-3-8(16)11(7)15/h1-5H,17H2. The third-order valence-corrected chi connectivity index (χ3v) is 3.51. The van der Waals surface area contributed by atoms with Crippen molar-refractivity contribution in [3.8, 4) is 11.5 Å². The van der Waals surface area contributed by atoms with Crippen LogP contribution < -0.4 is 5.73 Å². The van der Waals surface area contributed by atoms with Crippen LogP contribution in [0.15, 0.2) is 39.2 Å². The van der Waals surface area contributed by atoms with Gasteiger partial charge in [-0.2, -0.15) is 0 Å². The number of hydrogen-bond acceptors (Lipinski definition) is 3. The number of benzene rings is 2. The van der Waals surface area contributed by atoms with Crippen molar-refractivity contribution in [3.63, 3.8) is 0 Å². The van der Waals surface area contributed by atoms with E-state index in [4.69, 9.17) is 21.8 Å². The van der Waals surface area contributed by atoms with Gasteiger partial charge in [-0.15, -0.1) is 0 Å². The van der Waals surface area contributed by atoms with Gasteiger partial charge in [-0.3, -0.25) is 0 Å². The second-order valence-corrected chi connectivity index (χ2v) is 5.26. The lowest BCUT2D eigenvalue weighted by Gasteiger charge is -1.99. The van der Waals surface area contributed by atoms with Gasteiger partial charge >= 0.3 is 0 Å². The van der Waals surface area contributed by atoms with Crippen LogP contribution >= 0.6 is 27.5 Å². The van der Waals surface area contributed by atoms with Gasteiger partial charge in [-0.05, 0) is 24.3 Å². The minimum absolute atomic E-state index is 0.0216. The Morgan fingerprint density at radius 3 is 2.89 bits per heavy atom. The number of oxazole rings is 1. The highest BCUT2D eigenvalue weighted by molar-refractivity contribution is 9.10. The van der Waals surface area contributed by atoms with Crippen LogP contribution in [0.3, 0.4) is 0 Å². The molecule has 2 aromatic carbocycles. The van der Waals surface area contributed by atoms with Crippen molar-refractivity contribution in [2.75, 3.05) is 5.73 Å². The SMILES string of the molecule is Nc1cc(Br)cc2nc(-c3cccc(F)c3Cl)oc12. The number of nitrogens with two attached hydrogens (primary N) is 1. The lowest BCUT2D eigenvalue weighted by molar-refractivity contribution is 0.612. The first kappa shape index (κ1) is 12.4. The molecule has 0 fully saturated rings. The molecule has 96 valence electrons. The summed E-state index contributed by atoms with van der Waals surface area (Å²) in [6, 6.07) is 7.95. The summed E-state index contributed by atoms with van der Waals surface area (Å²) in [4.78, 5) is 4.28. The number of nitrogens with zero attached hydrogens (tertiary/aromatic N) is 1. The summed E-state index contributed by atoms with van der Waals surface area (Å²) >= 11 is 9.24. The van der Waals surface area contributed by atoms with Gasteiger partial charge in [-0.25, -0.2) is 9.37 Å². The van der Waals surface area contributed by atoms with Crippen molar-refractivity contribution in [1.82, 2.24) is 4.98 Å². The number of hydrogen-bond donors (Lipinski definition) is 1. The number of anilines is 1. The maximum Gasteiger partial charge on any atom is 0.229 e. The number of fused-ring (bicyclic) bond motifs is 1. The fraction of sp³-hybridized carbons (Fsp3) is 0. The predicted octanol–water partition coefficient (Wildman–Crippen LogP) is 4.63. The van der Waals surface area contributed by atoms with Crippen LogP contribution in [0.1, 0.15) is 0 Å². The molecule has 6 heteroatoms. The van der Waals surface area contributed by atoms with Crippen LogP contribution in [-0.2, 0) is 0 Å². The highest BCUT2D eigenvalue weighted by Gasteiger charge is 2.15. The largest absolute Gasteiger partial charge is 0.434 e. The monoisotopic (exact) mass is 340 g/mol. The van der Waals surface area contributed by atoms with E-state index in [1.54, 1.807) is 24.3 Å². The Labute approximate surface area is 121 Å². The molecule has 0 spiro atoms. The van der Waals surface area contributed by atoms with Gasteiger partial charge in [0.05, 0.1) is 16.3 Å². The smallest absolute Gasteiger partial charge is 0.229 e. The zero-order chi connectivity index (χ0) is 13.6.